The molecule has 0 aliphatic carbocycles. The van der Waals surface area contributed by atoms with Crippen molar-refractivity contribution >= 4 is 21.6 Å². The van der Waals surface area contributed by atoms with Gasteiger partial charge in [0, 0.05) is 23.8 Å². The Kier molecular flexibility index (Phi) is 4.92. The average Bonchev–Trinajstić information content (AvgIpc) is 2.60. The molecule has 0 atom stereocenters. The lowest BCUT2D eigenvalue weighted by molar-refractivity contribution is 0.0985. The SMILES string of the molecule is CC(C)NS(=O)(=O)c1cccc(C(=O)N2CCCc3ccccc32)c1. The van der Waals surface area contributed by atoms with Gasteiger partial charge in [0.25, 0.3) is 5.91 Å². The van der Waals surface area contributed by atoms with E-state index in [1.807, 2.05) is 24.3 Å². The van der Waals surface area contributed by atoms with Crippen LogP contribution in [0.15, 0.2) is 53.4 Å². The Bertz CT molecular complexity index is 891. The lowest BCUT2D eigenvalue weighted by atomic mass is 10.0. The monoisotopic (exact) mass is 358 g/mol. The normalized spacial score (nSPS) is 14.4. The van der Waals surface area contributed by atoms with E-state index in [9.17, 15) is 13.2 Å². The van der Waals surface area contributed by atoms with Gasteiger partial charge in [0.15, 0.2) is 0 Å². The third-order valence-corrected chi connectivity index (χ3v) is 5.79. The van der Waals surface area contributed by atoms with Crippen LogP contribution in [0.25, 0.3) is 0 Å². The van der Waals surface area contributed by atoms with E-state index in [-0.39, 0.29) is 16.8 Å². The van der Waals surface area contributed by atoms with Crippen LogP contribution < -0.4 is 9.62 Å². The molecule has 0 unspecified atom stereocenters. The van der Waals surface area contributed by atoms with Crippen molar-refractivity contribution in [3.05, 3.63) is 59.7 Å². The van der Waals surface area contributed by atoms with E-state index < -0.39 is 10.0 Å². The summed E-state index contributed by atoms with van der Waals surface area (Å²) < 4.78 is 27.3. The van der Waals surface area contributed by atoms with Crippen molar-refractivity contribution in [3.63, 3.8) is 0 Å². The summed E-state index contributed by atoms with van der Waals surface area (Å²) in [7, 11) is -3.63. The van der Waals surface area contributed by atoms with Crippen LogP contribution in [-0.2, 0) is 16.4 Å². The smallest absolute Gasteiger partial charge is 0.258 e. The fourth-order valence-electron chi connectivity index (χ4n) is 3.08. The molecule has 1 amide bonds. The fourth-order valence-corrected chi connectivity index (χ4v) is 4.37. The van der Waals surface area contributed by atoms with Crippen LogP contribution in [0.2, 0.25) is 0 Å². The van der Waals surface area contributed by atoms with Crippen LogP contribution >= 0.6 is 0 Å². The highest BCUT2D eigenvalue weighted by atomic mass is 32.2. The molecule has 1 N–H and O–H groups in total. The number of carbonyl (C=O) groups is 1. The van der Waals surface area contributed by atoms with Crippen LogP contribution in [0.5, 0.6) is 0 Å². The molecule has 25 heavy (non-hydrogen) atoms. The van der Waals surface area contributed by atoms with Gasteiger partial charge in [-0.1, -0.05) is 24.3 Å². The fraction of sp³-hybridized carbons (Fsp3) is 0.316. The molecule has 0 saturated carbocycles. The maximum Gasteiger partial charge on any atom is 0.258 e. The van der Waals surface area contributed by atoms with Gasteiger partial charge in [0.05, 0.1) is 4.90 Å². The number of carbonyl (C=O) groups excluding carboxylic acids is 1. The maximum atomic E-state index is 13.0. The molecule has 2 aromatic rings. The van der Waals surface area contributed by atoms with E-state index in [0.717, 1.165) is 24.1 Å². The predicted octanol–water partition coefficient (Wildman–Crippen LogP) is 2.97. The number of amides is 1. The quantitative estimate of drug-likeness (QED) is 0.914. The molecule has 0 radical (unpaired) electrons. The average molecular weight is 358 g/mol. The minimum Gasteiger partial charge on any atom is -0.308 e. The number of hydrogen-bond acceptors (Lipinski definition) is 3. The van der Waals surface area contributed by atoms with Gasteiger partial charge < -0.3 is 4.90 Å². The number of aryl methyl sites for hydroxylation is 1. The highest BCUT2D eigenvalue weighted by Crippen LogP contribution is 2.28. The molecule has 0 aromatic heterocycles. The van der Waals surface area contributed by atoms with Crippen molar-refractivity contribution in [2.45, 2.75) is 37.6 Å². The van der Waals surface area contributed by atoms with E-state index in [1.54, 1.807) is 30.9 Å². The Morgan fingerprint density at radius 1 is 1.12 bits per heavy atom. The van der Waals surface area contributed by atoms with Gasteiger partial charge in [0.2, 0.25) is 10.0 Å². The zero-order valence-corrected chi connectivity index (χ0v) is 15.2. The standard InChI is InChI=1S/C19H22N2O3S/c1-14(2)20-25(23,24)17-10-5-8-16(13-17)19(22)21-12-6-9-15-7-3-4-11-18(15)21/h3-5,7-8,10-11,13-14,20H,6,9,12H2,1-2H3. The third kappa shape index (κ3) is 3.75. The van der Waals surface area contributed by atoms with Crippen LogP contribution in [0, 0.1) is 0 Å². The summed E-state index contributed by atoms with van der Waals surface area (Å²) in [5.74, 6) is -0.172. The minimum atomic E-state index is -3.63. The Morgan fingerprint density at radius 3 is 2.64 bits per heavy atom. The molecule has 132 valence electrons. The summed E-state index contributed by atoms with van der Waals surface area (Å²) >= 11 is 0. The van der Waals surface area contributed by atoms with E-state index >= 15 is 0 Å². The lowest BCUT2D eigenvalue weighted by Gasteiger charge is -2.29. The molecule has 0 saturated heterocycles. The van der Waals surface area contributed by atoms with Gasteiger partial charge in [-0.3, -0.25) is 4.79 Å². The van der Waals surface area contributed by atoms with Crippen molar-refractivity contribution in [1.29, 1.82) is 0 Å². The summed E-state index contributed by atoms with van der Waals surface area (Å²) in [6.07, 6.45) is 1.85. The molecule has 1 heterocycles. The minimum absolute atomic E-state index is 0.109. The summed E-state index contributed by atoms with van der Waals surface area (Å²) in [4.78, 5) is 14.8. The number of anilines is 1. The van der Waals surface area contributed by atoms with Gasteiger partial charge in [0.1, 0.15) is 0 Å². The lowest BCUT2D eigenvalue weighted by Crippen LogP contribution is -2.35. The molecule has 6 heteroatoms. The molecule has 0 spiro atoms. The molecule has 2 aromatic carbocycles. The summed E-state index contributed by atoms with van der Waals surface area (Å²) in [5, 5.41) is 0. The molecule has 0 bridgehead atoms. The zero-order valence-electron chi connectivity index (χ0n) is 14.4. The first-order valence-electron chi connectivity index (χ1n) is 8.40. The van der Waals surface area contributed by atoms with Gasteiger partial charge >= 0.3 is 0 Å². The highest BCUT2D eigenvalue weighted by Gasteiger charge is 2.24. The molecule has 1 aliphatic rings. The maximum absolute atomic E-state index is 13.0. The van der Waals surface area contributed by atoms with Gasteiger partial charge in [-0.15, -0.1) is 0 Å². The van der Waals surface area contributed by atoms with Crippen LogP contribution in [-0.4, -0.2) is 26.9 Å². The van der Waals surface area contributed by atoms with Gasteiger partial charge in [-0.25, -0.2) is 13.1 Å². The second-order valence-electron chi connectivity index (χ2n) is 6.49. The van der Waals surface area contributed by atoms with Crippen LogP contribution in [0.1, 0.15) is 36.2 Å². The Morgan fingerprint density at radius 2 is 1.88 bits per heavy atom. The second kappa shape index (κ2) is 6.98. The van der Waals surface area contributed by atoms with Gasteiger partial charge in [-0.2, -0.15) is 0 Å². The molecule has 5 nitrogen and oxygen atoms in total. The molecule has 0 fully saturated rings. The van der Waals surface area contributed by atoms with E-state index in [4.69, 9.17) is 0 Å². The Hall–Kier alpha value is -2.18. The van der Waals surface area contributed by atoms with E-state index in [0.29, 0.717) is 12.1 Å². The number of sulfonamides is 1. The first kappa shape index (κ1) is 17.6. The van der Waals surface area contributed by atoms with E-state index in [1.165, 1.54) is 12.1 Å². The number of benzene rings is 2. The number of rotatable bonds is 4. The first-order chi connectivity index (χ1) is 11.9. The van der Waals surface area contributed by atoms with Crippen molar-refractivity contribution in [3.8, 4) is 0 Å². The number of para-hydroxylation sites is 1. The largest absolute Gasteiger partial charge is 0.308 e. The summed E-state index contributed by atoms with van der Waals surface area (Å²) in [6, 6.07) is 13.9. The zero-order chi connectivity index (χ0) is 18.0. The van der Waals surface area contributed by atoms with Crippen molar-refractivity contribution in [1.82, 2.24) is 4.72 Å². The van der Waals surface area contributed by atoms with Gasteiger partial charge in [-0.05, 0) is 56.5 Å². The Balaban J connectivity index is 1.93. The first-order valence-corrected chi connectivity index (χ1v) is 9.89. The molecular formula is C19H22N2O3S. The number of fused-ring (bicyclic) bond motifs is 1. The highest BCUT2D eigenvalue weighted by molar-refractivity contribution is 7.89. The summed E-state index contributed by atoms with van der Waals surface area (Å²) in [6.45, 7) is 4.16. The van der Waals surface area contributed by atoms with Crippen LogP contribution in [0.3, 0.4) is 0 Å². The van der Waals surface area contributed by atoms with Crippen molar-refractivity contribution in [2.24, 2.45) is 0 Å². The molecule has 3 rings (SSSR count). The van der Waals surface area contributed by atoms with Crippen molar-refractivity contribution < 1.29 is 13.2 Å². The number of nitrogens with one attached hydrogen (secondary N) is 1. The van der Waals surface area contributed by atoms with Crippen molar-refractivity contribution in [2.75, 3.05) is 11.4 Å². The predicted molar refractivity (Wildman–Crippen MR) is 98.3 cm³/mol. The number of nitrogens with zero attached hydrogens (tertiary/aromatic N) is 1. The van der Waals surface area contributed by atoms with E-state index in [2.05, 4.69) is 4.72 Å². The topological polar surface area (TPSA) is 66.5 Å². The third-order valence-electron chi connectivity index (χ3n) is 4.14. The number of hydrogen-bond donors (Lipinski definition) is 1. The second-order valence-corrected chi connectivity index (χ2v) is 8.21. The summed E-state index contributed by atoms with van der Waals surface area (Å²) in [5.41, 5.74) is 2.43. The molecule has 1 aliphatic heterocycles. The van der Waals surface area contributed by atoms with Crippen LogP contribution in [0.4, 0.5) is 5.69 Å². The molecular weight excluding hydrogens is 336 g/mol. The Labute approximate surface area is 148 Å².